The Morgan fingerprint density at radius 1 is 1.80 bits per heavy atom. The van der Waals surface area contributed by atoms with E-state index < -0.39 is 0 Å². The first-order valence-electron chi connectivity index (χ1n) is 0.762. The SMILES string of the molecule is N#CPP.[V]. The summed E-state index contributed by atoms with van der Waals surface area (Å²) >= 11 is 0. The van der Waals surface area contributed by atoms with Crippen LogP contribution in [-0.2, 0) is 18.6 Å². The fraction of sp³-hybridized carbons (Fsp3) is 0. The van der Waals surface area contributed by atoms with Gasteiger partial charge in [0, 0.05) is 26.8 Å². The summed E-state index contributed by atoms with van der Waals surface area (Å²) in [5, 5.41) is 7.62. The van der Waals surface area contributed by atoms with Crippen LogP contribution < -0.4 is 0 Å². The maximum Gasteiger partial charge on any atom is 0.0880 e. The summed E-state index contributed by atoms with van der Waals surface area (Å²) in [7, 11) is 2.68. The van der Waals surface area contributed by atoms with Crippen molar-refractivity contribution in [2.75, 3.05) is 0 Å². The molecule has 2 atom stereocenters. The van der Waals surface area contributed by atoms with Crippen LogP contribution in [0.25, 0.3) is 0 Å². The van der Waals surface area contributed by atoms with E-state index in [0.717, 1.165) is 0 Å². The van der Waals surface area contributed by atoms with E-state index in [0.29, 0.717) is 8.27 Å². The maximum absolute atomic E-state index is 7.62. The predicted octanol–water partition coefficient (Wildman–Crippen LogP) is 0.934. The zero-order chi connectivity index (χ0) is 3.41. The number of nitrogens with zero attached hydrogens (tertiary/aromatic N) is 1. The quantitative estimate of drug-likeness (QED) is 0.461. The Morgan fingerprint density at radius 3 is 2.00 bits per heavy atom. The molecule has 0 aliphatic carbocycles. The Kier molecular flexibility index (Phi) is 16.6. The van der Waals surface area contributed by atoms with Gasteiger partial charge in [0.25, 0.3) is 0 Å². The summed E-state index contributed by atoms with van der Waals surface area (Å²) in [6.07, 6.45) is 0. The van der Waals surface area contributed by atoms with Crippen LogP contribution in [-0.4, -0.2) is 0 Å². The zero-order valence-electron chi connectivity index (χ0n) is 2.47. The molecule has 4 heteroatoms. The van der Waals surface area contributed by atoms with Crippen LogP contribution in [0.4, 0.5) is 0 Å². The molecule has 2 unspecified atom stereocenters. The second kappa shape index (κ2) is 8.87. The zero-order valence-corrected chi connectivity index (χ0v) is 6.02. The van der Waals surface area contributed by atoms with Gasteiger partial charge in [0.2, 0.25) is 0 Å². The minimum atomic E-state index is 0. The van der Waals surface area contributed by atoms with Crippen molar-refractivity contribution >= 4 is 17.2 Å². The van der Waals surface area contributed by atoms with Crippen molar-refractivity contribution < 1.29 is 18.6 Å². The third kappa shape index (κ3) is 11.4. The maximum atomic E-state index is 7.62. The first-order valence-corrected chi connectivity index (χ1v) is 3.57. The van der Waals surface area contributed by atoms with Crippen LogP contribution in [0.1, 0.15) is 0 Å². The van der Waals surface area contributed by atoms with Crippen molar-refractivity contribution in [3.8, 4) is 5.81 Å². The van der Waals surface area contributed by atoms with E-state index in [1.807, 2.05) is 5.81 Å². The van der Waals surface area contributed by atoms with Crippen LogP contribution in [0.5, 0.6) is 0 Å². The molecule has 0 aromatic rings. The van der Waals surface area contributed by atoms with Crippen LogP contribution in [0.15, 0.2) is 0 Å². The van der Waals surface area contributed by atoms with Gasteiger partial charge in [0.15, 0.2) is 0 Å². The summed E-state index contributed by atoms with van der Waals surface area (Å²) in [5.41, 5.74) is 0. The van der Waals surface area contributed by atoms with Crippen molar-refractivity contribution in [2.24, 2.45) is 0 Å². The topological polar surface area (TPSA) is 23.8 Å². The van der Waals surface area contributed by atoms with Crippen molar-refractivity contribution in [2.45, 2.75) is 0 Å². The summed E-state index contributed by atoms with van der Waals surface area (Å²) in [6, 6.07) is 0. The molecule has 0 aliphatic rings. The van der Waals surface area contributed by atoms with E-state index in [-0.39, 0.29) is 18.6 Å². The molecule has 5 heavy (non-hydrogen) atoms. The monoisotopic (exact) mass is 142 g/mol. The molecule has 0 amide bonds. The van der Waals surface area contributed by atoms with E-state index in [2.05, 4.69) is 8.93 Å². The number of nitriles is 1. The molecule has 0 saturated carbocycles. The van der Waals surface area contributed by atoms with Crippen molar-refractivity contribution in [1.82, 2.24) is 0 Å². The van der Waals surface area contributed by atoms with E-state index >= 15 is 0 Å². The Hall–Kier alpha value is 0.934. The third-order valence-electron chi connectivity index (χ3n) is 0.0645. The van der Waals surface area contributed by atoms with Gasteiger partial charge in [-0.15, -0.1) is 0 Å². The molecule has 0 bridgehead atoms. The second-order valence-corrected chi connectivity index (χ2v) is 1.63. The summed E-state index contributed by atoms with van der Waals surface area (Å²) < 4.78 is 0. The molecular formula is CH3NP2V. The number of hydrogen-bond acceptors (Lipinski definition) is 1. The fourth-order valence-electron chi connectivity index (χ4n) is 0. The molecule has 1 nitrogen and oxygen atoms in total. The summed E-state index contributed by atoms with van der Waals surface area (Å²) in [5.74, 6) is 1.92. The van der Waals surface area contributed by atoms with Crippen LogP contribution in [0.2, 0.25) is 0 Å². The van der Waals surface area contributed by atoms with Crippen LogP contribution in [0.3, 0.4) is 0 Å². The Labute approximate surface area is 47.3 Å². The normalized spacial score (nSPS) is 6.40. The van der Waals surface area contributed by atoms with Gasteiger partial charge >= 0.3 is 0 Å². The van der Waals surface area contributed by atoms with Crippen molar-refractivity contribution in [3.63, 3.8) is 0 Å². The standard InChI is InChI=1S/CH3NP2.V/c2-1-4-3;/h4H,3H2;. The largest absolute Gasteiger partial charge is 0.193 e. The molecular weight excluding hydrogens is 139 g/mol. The van der Waals surface area contributed by atoms with Crippen molar-refractivity contribution in [1.29, 1.82) is 5.26 Å². The van der Waals surface area contributed by atoms with Gasteiger partial charge in [0.05, 0.1) is 5.81 Å². The molecule has 0 aromatic carbocycles. The van der Waals surface area contributed by atoms with Gasteiger partial charge in [-0.3, -0.25) is 0 Å². The van der Waals surface area contributed by atoms with Gasteiger partial charge in [-0.2, -0.15) is 5.26 Å². The van der Waals surface area contributed by atoms with Gasteiger partial charge < -0.3 is 0 Å². The summed E-state index contributed by atoms with van der Waals surface area (Å²) in [6.45, 7) is 0. The minimum absolute atomic E-state index is 0. The minimum Gasteiger partial charge on any atom is -0.193 e. The molecule has 0 heterocycles. The number of hydrogen-bond donors (Lipinski definition) is 0. The van der Waals surface area contributed by atoms with E-state index in [4.69, 9.17) is 5.26 Å². The molecule has 0 aliphatic heterocycles. The molecule has 0 fully saturated rings. The first-order chi connectivity index (χ1) is 1.91. The fourth-order valence-corrected chi connectivity index (χ4v) is 0. The summed E-state index contributed by atoms with van der Waals surface area (Å²) in [4.78, 5) is 0. The van der Waals surface area contributed by atoms with Crippen molar-refractivity contribution in [3.05, 3.63) is 0 Å². The van der Waals surface area contributed by atoms with E-state index in [1.54, 1.807) is 0 Å². The molecule has 0 aromatic heterocycles. The third-order valence-corrected chi connectivity index (χ3v) is 0.581. The first kappa shape index (κ1) is 9.33. The molecule has 0 rings (SSSR count). The molecule has 1 radical (unpaired) electrons. The van der Waals surface area contributed by atoms with Crippen LogP contribution in [0, 0.1) is 11.1 Å². The van der Waals surface area contributed by atoms with E-state index in [1.165, 1.54) is 0 Å². The molecule has 0 saturated heterocycles. The average molecular weight is 142 g/mol. The Balaban J connectivity index is 0. The molecule has 27 valence electrons. The number of rotatable bonds is 0. The molecule has 0 spiro atoms. The smallest absolute Gasteiger partial charge is 0.0880 e. The van der Waals surface area contributed by atoms with Gasteiger partial charge in [-0.05, 0) is 0 Å². The Bertz CT molecular complexity index is 39.4. The van der Waals surface area contributed by atoms with Crippen LogP contribution >= 0.6 is 17.2 Å². The van der Waals surface area contributed by atoms with Gasteiger partial charge in [0.1, 0.15) is 0 Å². The Morgan fingerprint density at radius 2 is 2.00 bits per heavy atom. The second-order valence-electron chi connectivity index (χ2n) is 0.256. The van der Waals surface area contributed by atoms with E-state index in [9.17, 15) is 0 Å². The predicted molar refractivity (Wildman–Crippen MR) is 23.6 cm³/mol. The van der Waals surface area contributed by atoms with Gasteiger partial charge in [-0.25, -0.2) is 0 Å². The average Bonchev–Trinajstić information content (AvgIpc) is 1.37. The van der Waals surface area contributed by atoms with Gasteiger partial charge in [-0.1, -0.05) is 8.93 Å². The molecule has 0 N–H and O–H groups in total.